The second kappa shape index (κ2) is 7.83. The molecule has 1 atom stereocenters. The molecule has 1 N–H and O–H groups in total. The van der Waals surface area contributed by atoms with E-state index in [0.29, 0.717) is 22.6 Å². The van der Waals surface area contributed by atoms with Crippen LogP contribution in [0.1, 0.15) is 40.6 Å². The molecule has 31 heavy (non-hydrogen) atoms. The van der Waals surface area contributed by atoms with E-state index in [1.54, 1.807) is 42.3 Å². The summed E-state index contributed by atoms with van der Waals surface area (Å²) in [5.41, 5.74) is 3.24. The minimum Gasteiger partial charge on any atom is -0.496 e. The summed E-state index contributed by atoms with van der Waals surface area (Å²) < 4.78 is 21.4. The normalized spacial score (nSPS) is 15.5. The molecule has 4 aromatic rings. The van der Waals surface area contributed by atoms with E-state index in [1.165, 1.54) is 6.07 Å². The number of methoxy groups -OCH3 is 1. The van der Waals surface area contributed by atoms with Crippen molar-refractivity contribution in [2.75, 3.05) is 7.11 Å². The molecule has 0 fully saturated rings. The molecule has 0 radical (unpaired) electrons. The summed E-state index contributed by atoms with van der Waals surface area (Å²) >= 11 is 0. The zero-order chi connectivity index (χ0) is 21.4. The lowest BCUT2D eigenvalue weighted by atomic mass is 9.92. The standard InChI is InChI=1S/C24H21FN4O2/c1-31-23-13-20(27-18-9-4-2-7-15(18)23)24(30)28-19-10-6-12-21-16(19)14-26-29(21)22-11-5-3-8-17(22)25/h2-5,7-9,11,13-14,19H,6,10,12H2,1H3,(H,28,30). The molecule has 0 saturated heterocycles. The van der Waals surface area contributed by atoms with Crippen molar-refractivity contribution in [3.05, 3.63) is 83.6 Å². The van der Waals surface area contributed by atoms with Gasteiger partial charge in [-0.2, -0.15) is 5.10 Å². The van der Waals surface area contributed by atoms with Crippen LogP contribution in [0.25, 0.3) is 16.6 Å². The fourth-order valence-electron chi connectivity index (χ4n) is 4.20. The molecule has 1 amide bonds. The molecular weight excluding hydrogens is 395 g/mol. The van der Waals surface area contributed by atoms with Gasteiger partial charge in [0.05, 0.1) is 24.9 Å². The van der Waals surface area contributed by atoms with Crippen LogP contribution in [0, 0.1) is 5.82 Å². The van der Waals surface area contributed by atoms with Crippen LogP contribution in [-0.4, -0.2) is 27.8 Å². The Morgan fingerprint density at radius 1 is 1.19 bits per heavy atom. The highest BCUT2D eigenvalue weighted by molar-refractivity contribution is 5.97. The minimum atomic E-state index is -0.327. The van der Waals surface area contributed by atoms with E-state index in [2.05, 4.69) is 15.4 Å². The van der Waals surface area contributed by atoms with Crippen LogP contribution in [-0.2, 0) is 6.42 Å². The van der Waals surface area contributed by atoms with Gasteiger partial charge in [-0.05, 0) is 43.5 Å². The Morgan fingerprint density at radius 2 is 2.00 bits per heavy atom. The molecule has 0 saturated carbocycles. The number of hydrogen-bond acceptors (Lipinski definition) is 4. The first-order valence-electron chi connectivity index (χ1n) is 10.2. The Hall–Kier alpha value is -3.74. The molecule has 0 spiro atoms. The molecule has 5 rings (SSSR count). The lowest BCUT2D eigenvalue weighted by Crippen LogP contribution is -2.31. The van der Waals surface area contributed by atoms with Gasteiger partial charge in [0.25, 0.3) is 5.91 Å². The fourth-order valence-corrected chi connectivity index (χ4v) is 4.20. The smallest absolute Gasteiger partial charge is 0.270 e. The molecule has 6 nitrogen and oxygen atoms in total. The molecule has 2 heterocycles. The van der Waals surface area contributed by atoms with E-state index >= 15 is 0 Å². The maximum Gasteiger partial charge on any atom is 0.270 e. The van der Waals surface area contributed by atoms with Gasteiger partial charge in [-0.25, -0.2) is 14.1 Å². The highest BCUT2D eigenvalue weighted by Crippen LogP contribution is 2.32. The first-order valence-corrected chi connectivity index (χ1v) is 10.2. The topological polar surface area (TPSA) is 69.0 Å². The molecule has 0 bridgehead atoms. The second-order valence-corrected chi connectivity index (χ2v) is 7.56. The van der Waals surface area contributed by atoms with Crippen LogP contribution < -0.4 is 10.1 Å². The third-order valence-electron chi connectivity index (χ3n) is 5.70. The van der Waals surface area contributed by atoms with Crippen LogP contribution >= 0.6 is 0 Å². The highest BCUT2D eigenvalue weighted by Gasteiger charge is 2.27. The summed E-state index contributed by atoms with van der Waals surface area (Å²) in [6.45, 7) is 0. The average molecular weight is 416 g/mol. The third kappa shape index (κ3) is 3.42. The number of carbonyl (C=O) groups excluding carboxylic acids is 1. The van der Waals surface area contributed by atoms with Crippen molar-refractivity contribution in [1.82, 2.24) is 20.1 Å². The number of amides is 1. The highest BCUT2D eigenvalue weighted by atomic mass is 19.1. The minimum absolute atomic E-state index is 0.212. The maximum absolute atomic E-state index is 14.3. The van der Waals surface area contributed by atoms with Crippen molar-refractivity contribution in [2.45, 2.75) is 25.3 Å². The molecule has 1 unspecified atom stereocenters. The number of hydrogen-bond donors (Lipinski definition) is 1. The van der Waals surface area contributed by atoms with Gasteiger partial charge >= 0.3 is 0 Å². The van der Waals surface area contributed by atoms with Gasteiger partial charge in [0.2, 0.25) is 0 Å². The van der Waals surface area contributed by atoms with E-state index in [0.717, 1.165) is 35.9 Å². The molecule has 2 aromatic heterocycles. The lowest BCUT2D eigenvalue weighted by Gasteiger charge is -2.24. The number of rotatable bonds is 4. The largest absolute Gasteiger partial charge is 0.496 e. The number of para-hydroxylation sites is 2. The average Bonchev–Trinajstić information content (AvgIpc) is 3.23. The summed E-state index contributed by atoms with van der Waals surface area (Å²) in [4.78, 5) is 17.6. The Morgan fingerprint density at radius 3 is 2.84 bits per heavy atom. The number of nitrogens with zero attached hydrogens (tertiary/aromatic N) is 3. The van der Waals surface area contributed by atoms with Gasteiger partial charge in [0.1, 0.15) is 22.9 Å². The molecule has 1 aliphatic rings. The lowest BCUT2D eigenvalue weighted by molar-refractivity contribution is 0.0927. The number of fused-ring (bicyclic) bond motifs is 2. The molecular formula is C24H21FN4O2. The molecule has 1 aliphatic carbocycles. The number of nitrogens with one attached hydrogen (secondary N) is 1. The number of carbonyl (C=O) groups is 1. The van der Waals surface area contributed by atoms with Gasteiger partial charge < -0.3 is 10.1 Å². The van der Waals surface area contributed by atoms with E-state index in [-0.39, 0.29) is 17.8 Å². The summed E-state index contributed by atoms with van der Waals surface area (Å²) in [6, 6.07) is 15.6. The fraction of sp³-hybridized carbons (Fsp3) is 0.208. The van der Waals surface area contributed by atoms with Gasteiger partial charge in [0.15, 0.2) is 0 Å². The predicted molar refractivity (Wildman–Crippen MR) is 115 cm³/mol. The van der Waals surface area contributed by atoms with Gasteiger partial charge in [-0.3, -0.25) is 4.79 Å². The van der Waals surface area contributed by atoms with Crippen molar-refractivity contribution in [2.24, 2.45) is 0 Å². The van der Waals surface area contributed by atoms with E-state index in [4.69, 9.17) is 4.74 Å². The third-order valence-corrected chi connectivity index (χ3v) is 5.70. The number of benzene rings is 2. The van der Waals surface area contributed by atoms with Crippen LogP contribution in [0.4, 0.5) is 4.39 Å². The van der Waals surface area contributed by atoms with Gasteiger partial charge in [-0.1, -0.05) is 24.3 Å². The summed E-state index contributed by atoms with van der Waals surface area (Å²) in [7, 11) is 1.58. The number of ether oxygens (including phenoxy) is 1. The van der Waals surface area contributed by atoms with E-state index in [9.17, 15) is 9.18 Å². The van der Waals surface area contributed by atoms with Gasteiger partial charge in [-0.15, -0.1) is 0 Å². The van der Waals surface area contributed by atoms with Crippen molar-refractivity contribution in [3.8, 4) is 11.4 Å². The Bertz CT molecular complexity index is 1280. The Labute approximate surface area is 178 Å². The molecule has 0 aliphatic heterocycles. The number of aromatic nitrogens is 3. The van der Waals surface area contributed by atoms with Crippen LogP contribution in [0.15, 0.2) is 60.8 Å². The molecule has 156 valence electrons. The molecule has 7 heteroatoms. The monoisotopic (exact) mass is 416 g/mol. The van der Waals surface area contributed by atoms with Gasteiger partial charge in [0, 0.05) is 22.7 Å². The predicted octanol–water partition coefficient (Wildman–Crippen LogP) is 4.38. The van der Waals surface area contributed by atoms with E-state index < -0.39 is 0 Å². The Kier molecular flexibility index (Phi) is 4.86. The zero-order valence-corrected chi connectivity index (χ0v) is 17.0. The zero-order valence-electron chi connectivity index (χ0n) is 17.0. The second-order valence-electron chi connectivity index (χ2n) is 7.56. The van der Waals surface area contributed by atoms with E-state index in [1.807, 2.05) is 24.3 Å². The quantitative estimate of drug-likeness (QED) is 0.536. The van der Waals surface area contributed by atoms with Crippen LogP contribution in [0.2, 0.25) is 0 Å². The number of halogens is 1. The SMILES string of the molecule is COc1cc(C(=O)NC2CCCc3c2cnn3-c2ccccc2F)nc2ccccc12. The summed E-state index contributed by atoms with van der Waals surface area (Å²) in [5, 5.41) is 8.35. The first kappa shape index (κ1) is 19.2. The Balaban J connectivity index is 1.46. The first-order chi connectivity index (χ1) is 15.2. The molecule has 2 aromatic carbocycles. The van der Waals surface area contributed by atoms with Crippen molar-refractivity contribution >= 4 is 16.8 Å². The maximum atomic E-state index is 14.3. The van der Waals surface area contributed by atoms with Crippen LogP contribution in [0.5, 0.6) is 5.75 Å². The summed E-state index contributed by atoms with van der Waals surface area (Å²) in [5.74, 6) is 0.0000167. The van der Waals surface area contributed by atoms with Crippen molar-refractivity contribution < 1.29 is 13.9 Å². The van der Waals surface area contributed by atoms with Crippen LogP contribution in [0.3, 0.4) is 0 Å². The summed E-state index contributed by atoms with van der Waals surface area (Å²) in [6.07, 6.45) is 4.15. The van der Waals surface area contributed by atoms with Crippen molar-refractivity contribution in [1.29, 1.82) is 0 Å². The van der Waals surface area contributed by atoms with Crippen molar-refractivity contribution in [3.63, 3.8) is 0 Å². The number of pyridine rings is 1.